The SMILES string of the molecule is CC1=c2c(c(=O)[nH]c(=O)n2C2CC2)=C(C(F)F)C(F)C1N1CC(C(C)N)C(F)(F)C1. The highest BCUT2D eigenvalue weighted by molar-refractivity contribution is 5.65. The number of rotatable bonds is 4. The largest absolute Gasteiger partial charge is 0.329 e. The minimum Gasteiger partial charge on any atom is -0.327 e. The molecule has 11 heteroatoms. The Balaban J connectivity index is 1.99. The topological polar surface area (TPSA) is 84.1 Å². The fraction of sp³-hybridized carbons (Fsp3) is 0.684. The third kappa shape index (κ3) is 3.13. The van der Waals surface area contributed by atoms with E-state index in [2.05, 4.69) is 0 Å². The Hall–Kier alpha value is -2.01. The van der Waals surface area contributed by atoms with Gasteiger partial charge in [-0.05, 0) is 32.3 Å². The van der Waals surface area contributed by atoms with E-state index in [0.29, 0.717) is 12.8 Å². The van der Waals surface area contributed by atoms with Gasteiger partial charge in [0.25, 0.3) is 17.9 Å². The molecule has 0 radical (unpaired) electrons. The van der Waals surface area contributed by atoms with Gasteiger partial charge in [-0.15, -0.1) is 0 Å². The number of nitrogens with one attached hydrogen (secondary N) is 1. The summed E-state index contributed by atoms with van der Waals surface area (Å²) in [6, 6.07) is -2.63. The maximum absolute atomic E-state index is 15.5. The summed E-state index contributed by atoms with van der Waals surface area (Å²) >= 11 is 0. The lowest BCUT2D eigenvalue weighted by molar-refractivity contribution is -0.0344. The Kier molecular flexibility index (Phi) is 4.96. The predicted octanol–water partition coefficient (Wildman–Crippen LogP) is 0.0925. The second-order valence-electron chi connectivity index (χ2n) is 8.53. The van der Waals surface area contributed by atoms with Gasteiger partial charge in [0.05, 0.1) is 29.1 Å². The fourth-order valence-electron chi connectivity index (χ4n) is 4.84. The Morgan fingerprint density at radius 3 is 2.37 bits per heavy atom. The van der Waals surface area contributed by atoms with E-state index in [1.54, 1.807) is 0 Å². The van der Waals surface area contributed by atoms with E-state index in [9.17, 15) is 27.2 Å². The second kappa shape index (κ2) is 7.01. The van der Waals surface area contributed by atoms with Crippen LogP contribution in [0.1, 0.15) is 32.7 Å². The van der Waals surface area contributed by atoms with Crippen LogP contribution in [0, 0.1) is 5.92 Å². The second-order valence-corrected chi connectivity index (χ2v) is 8.53. The van der Waals surface area contributed by atoms with Gasteiger partial charge < -0.3 is 5.73 Å². The molecule has 4 unspecified atom stereocenters. The van der Waals surface area contributed by atoms with Gasteiger partial charge in [0, 0.05) is 24.2 Å². The van der Waals surface area contributed by atoms with Crippen molar-refractivity contribution in [2.75, 3.05) is 13.1 Å². The highest BCUT2D eigenvalue weighted by Crippen LogP contribution is 2.40. The number of nitrogens with zero attached hydrogens (tertiary/aromatic N) is 2. The zero-order valence-corrected chi connectivity index (χ0v) is 16.5. The fourth-order valence-corrected chi connectivity index (χ4v) is 4.84. The van der Waals surface area contributed by atoms with Crippen LogP contribution in [0.4, 0.5) is 22.0 Å². The molecule has 0 spiro atoms. The zero-order valence-electron chi connectivity index (χ0n) is 16.5. The molecule has 2 heterocycles. The first kappa shape index (κ1) is 21.2. The number of likely N-dealkylation sites (tertiary alicyclic amines) is 1. The van der Waals surface area contributed by atoms with E-state index in [1.165, 1.54) is 18.4 Å². The molecule has 2 aliphatic carbocycles. The molecule has 1 aromatic rings. The Bertz CT molecular complexity index is 1110. The van der Waals surface area contributed by atoms with Crippen LogP contribution in [0.15, 0.2) is 9.59 Å². The predicted molar refractivity (Wildman–Crippen MR) is 99.7 cm³/mol. The molecule has 1 saturated heterocycles. The van der Waals surface area contributed by atoms with E-state index < -0.39 is 65.1 Å². The number of aromatic amines is 1. The Labute approximate surface area is 167 Å². The summed E-state index contributed by atoms with van der Waals surface area (Å²) < 4.78 is 73.5. The monoisotopic (exact) mass is 434 g/mol. The molecule has 166 valence electrons. The summed E-state index contributed by atoms with van der Waals surface area (Å²) in [5.41, 5.74) is 2.87. The lowest BCUT2D eigenvalue weighted by Crippen LogP contribution is -2.62. The molecule has 4 rings (SSSR count). The van der Waals surface area contributed by atoms with E-state index in [4.69, 9.17) is 5.73 Å². The highest BCUT2D eigenvalue weighted by atomic mass is 19.3. The van der Waals surface area contributed by atoms with Crippen molar-refractivity contribution in [1.29, 1.82) is 0 Å². The zero-order chi connectivity index (χ0) is 22.1. The summed E-state index contributed by atoms with van der Waals surface area (Å²) in [4.78, 5) is 27.9. The number of fused-ring (bicyclic) bond motifs is 1. The van der Waals surface area contributed by atoms with Gasteiger partial charge in [-0.2, -0.15) is 0 Å². The van der Waals surface area contributed by atoms with Gasteiger partial charge in [-0.25, -0.2) is 26.7 Å². The Morgan fingerprint density at radius 2 is 1.87 bits per heavy atom. The number of hydrogen-bond acceptors (Lipinski definition) is 4. The number of H-pyrrole nitrogens is 1. The first-order chi connectivity index (χ1) is 14.0. The number of hydrogen-bond donors (Lipinski definition) is 2. The average molecular weight is 434 g/mol. The first-order valence-corrected chi connectivity index (χ1v) is 9.85. The molecule has 30 heavy (non-hydrogen) atoms. The van der Waals surface area contributed by atoms with Gasteiger partial charge in [0.15, 0.2) is 0 Å². The summed E-state index contributed by atoms with van der Waals surface area (Å²) in [5.74, 6) is -4.48. The normalized spacial score (nSPS) is 30.1. The van der Waals surface area contributed by atoms with Crippen LogP contribution >= 0.6 is 0 Å². The number of nitrogens with two attached hydrogens (primary N) is 1. The minimum absolute atomic E-state index is 0.0759. The summed E-state index contributed by atoms with van der Waals surface area (Å²) in [7, 11) is 0. The molecule has 0 aromatic carbocycles. The first-order valence-electron chi connectivity index (χ1n) is 9.85. The van der Waals surface area contributed by atoms with E-state index in [-0.39, 0.29) is 23.5 Å². The lowest BCUT2D eigenvalue weighted by atomic mass is 9.89. The van der Waals surface area contributed by atoms with E-state index in [0.717, 1.165) is 4.90 Å². The van der Waals surface area contributed by atoms with Crippen LogP contribution in [0.3, 0.4) is 0 Å². The highest BCUT2D eigenvalue weighted by Gasteiger charge is 2.53. The van der Waals surface area contributed by atoms with E-state index >= 15 is 4.39 Å². The van der Waals surface area contributed by atoms with Gasteiger partial charge in [-0.3, -0.25) is 19.2 Å². The van der Waals surface area contributed by atoms with Crippen LogP contribution in [-0.4, -0.2) is 58.1 Å². The molecule has 2 fully saturated rings. The standard InChI is InChI=1S/C19H23F5N4O2/c1-7-14-12(17(29)26-18(30)28(14)9-3-4-9)11(16(21)22)13(20)15(7)27-5-10(8(2)25)19(23,24)6-27/h8-10,13,15-16H,3-6,25H2,1-2H3,(H,26,29,30). The van der Waals surface area contributed by atoms with Crippen LogP contribution in [-0.2, 0) is 0 Å². The van der Waals surface area contributed by atoms with Crippen molar-refractivity contribution in [1.82, 2.24) is 14.5 Å². The van der Waals surface area contributed by atoms with E-state index in [1.807, 2.05) is 4.98 Å². The molecule has 4 atom stereocenters. The minimum atomic E-state index is -3.33. The van der Waals surface area contributed by atoms with Crippen molar-refractivity contribution >= 4 is 11.1 Å². The summed E-state index contributed by atoms with van der Waals surface area (Å²) in [6.45, 7) is 1.70. The molecular formula is C19H23F5N4O2. The van der Waals surface area contributed by atoms with Crippen molar-refractivity contribution in [3.63, 3.8) is 0 Å². The molecule has 1 aliphatic heterocycles. The van der Waals surface area contributed by atoms with Crippen LogP contribution in [0.5, 0.6) is 0 Å². The van der Waals surface area contributed by atoms with Gasteiger partial charge in [-0.1, -0.05) is 0 Å². The van der Waals surface area contributed by atoms with Crippen molar-refractivity contribution in [2.45, 2.75) is 63.3 Å². The molecular weight excluding hydrogens is 411 g/mol. The molecule has 1 aromatic heterocycles. The summed E-state index contributed by atoms with van der Waals surface area (Å²) in [6.07, 6.45) is -4.48. The summed E-state index contributed by atoms with van der Waals surface area (Å²) in [5, 5.41) is -0.638. The third-order valence-electron chi connectivity index (χ3n) is 6.39. The number of aromatic nitrogens is 2. The molecule has 1 saturated carbocycles. The van der Waals surface area contributed by atoms with Crippen molar-refractivity contribution in [2.24, 2.45) is 11.7 Å². The lowest BCUT2D eigenvalue weighted by Gasteiger charge is -2.35. The maximum Gasteiger partial charge on any atom is 0.329 e. The molecule has 0 bridgehead atoms. The van der Waals surface area contributed by atoms with Crippen LogP contribution < -0.4 is 27.6 Å². The average Bonchev–Trinajstić information content (AvgIpc) is 3.39. The Morgan fingerprint density at radius 1 is 1.23 bits per heavy atom. The molecule has 0 amide bonds. The molecule has 3 N–H and O–H groups in total. The van der Waals surface area contributed by atoms with Gasteiger partial charge >= 0.3 is 5.69 Å². The number of halogens is 5. The molecule has 3 aliphatic rings. The van der Waals surface area contributed by atoms with Gasteiger partial charge in [0.2, 0.25) is 0 Å². The smallest absolute Gasteiger partial charge is 0.327 e. The molecule has 6 nitrogen and oxygen atoms in total. The van der Waals surface area contributed by atoms with Gasteiger partial charge in [0.1, 0.15) is 6.17 Å². The van der Waals surface area contributed by atoms with Crippen molar-refractivity contribution < 1.29 is 22.0 Å². The quantitative estimate of drug-likeness (QED) is 0.659. The van der Waals surface area contributed by atoms with Crippen molar-refractivity contribution in [3.05, 3.63) is 31.4 Å². The van der Waals surface area contributed by atoms with Crippen LogP contribution in [0.25, 0.3) is 11.1 Å². The number of alkyl halides is 5. The third-order valence-corrected chi connectivity index (χ3v) is 6.39. The van der Waals surface area contributed by atoms with Crippen LogP contribution in [0.2, 0.25) is 0 Å². The van der Waals surface area contributed by atoms with Crippen molar-refractivity contribution in [3.8, 4) is 0 Å². The maximum atomic E-state index is 15.5.